The Bertz CT molecular complexity index is 1030. The summed E-state index contributed by atoms with van der Waals surface area (Å²) in [5.74, 6) is -0.142. The normalized spacial score (nSPS) is 14.0. The molecule has 2 aromatic carbocycles. The highest BCUT2D eigenvalue weighted by molar-refractivity contribution is 6.00. The molecule has 10 heteroatoms. The van der Waals surface area contributed by atoms with Gasteiger partial charge in [-0.1, -0.05) is 0 Å². The summed E-state index contributed by atoms with van der Waals surface area (Å²) < 4.78 is 16.5. The number of rotatable bonds is 7. The molecule has 1 fully saturated rings. The topological polar surface area (TPSA) is 133 Å². The Morgan fingerprint density at radius 2 is 1.50 bits per heavy atom. The number of nitrogens with zero attached hydrogens (tertiary/aromatic N) is 3. The average Bonchev–Trinajstić information content (AvgIpc) is 2.83. The number of piperazine rings is 1. The molecule has 0 aromatic heterocycles. The predicted molar refractivity (Wildman–Crippen MR) is 129 cm³/mol. The van der Waals surface area contributed by atoms with Gasteiger partial charge in [0.1, 0.15) is 22.8 Å². The molecule has 2 aromatic rings. The van der Waals surface area contributed by atoms with Crippen molar-refractivity contribution in [2.75, 3.05) is 40.4 Å². The molecule has 0 bridgehead atoms. The molecule has 0 unspecified atom stereocenters. The van der Waals surface area contributed by atoms with Gasteiger partial charge in [0, 0.05) is 44.4 Å². The number of carbonyl (C=O) groups is 2. The second kappa shape index (κ2) is 10.9. The summed E-state index contributed by atoms with van der Waals surface area (Å²) in [6, 6.07) is 9.73. The molecule has 0 saturated carbocycles. The van der Waals surface area contributed by atoms with Gasteiger partial charge in [0.05, 0.1) is 25.5 Å². The minimum absolute atomic E-state index is 0.0778. The van der Waals surface area contributed by atoms with E-state index in [-0.39, 0.29) is 29.1 Å². The minimum atomic E-state index is -0.593. The number of nitrogens with two attached hydrogens (primary N) is 2. The first-order chi connectivity index (χ1) is 16.2. The molecule has 1 heterocycles. The largest absolute Gasteiger partial charge is 0.496 e. The lowest BCUT2D eigenvalue weighted by Gasteiger charge is -2.37. The Morgan fingerprint density at radius 1 is 0.941 bits per heavy atom. The van der Waals surface area contributed by atoms with Crippen LogP contribution in [0.1, 0.15) is 34.6 Å². The molecule has 10 nitrogen and oxygen atoms in total. The Balaban J connectivity index is 1.80. The van der Waals surface area contributed by atoms with Gasteiger partial charge in [0.2, 0.25) is 0 Å². The van der Waals surface area contributed by atoms with E-state index in [1.165, 1.54) is 26.4 Å². The van der Waals surface area contributed by atoms with Crippen LogP contribution in [0, 0.1) is 0 Å². The fourth-order valence-corrected chi connectivity index (χ4v) is 3.74. The van der Waals surface area contributed by atoms with Crippen molar-refractivity contribution < 1.29 is 23.8 Å². The monoisotopic (exact) mass is 469 g/mol. The molecule has 34 heavy (non-hydrogen) atoms. The van der Waals surface area contributed by atoms with Crippen LogP contribution in [0.4, 0.5) is 5.69 Å². The SMILES string of the molecule is COc1cc(OC(=O)c2ccc(N=C(N)N)cc2)cc(OC)c1C(=O)N1CCN(C(C)C)CC1. The fraction of sp³-hybridized carbons (Fsp3) is 0.375. The van der Waals surface area contributed by atoms with Crippen LogP contribution in [0.2, 0.25) is 0 Å². The lowest BCUT2D eigenvalue weighted by Crippen LogP contribution is -2.50. The average molecular weight is 470 g/mol. The van der Waals surface area contributed by atoms with E-state index < -0.39 is 5.97 Å². The summed E-state index contributed by atoms with van der Waals surface area (Å²) in [7, 11) is 2.91. The summed E-state index contributed by atoms with van der Waals surface area (Å²) in [5, 5.41) is 0. The van der Waals surface area contributed by atoms with Gasteiger partial charge < -0.3 is 30.6 Å². The third-order valence-corrected chi connectivity index (χ3v) is 5.60. The van der Waals surface area contributed by atoms with E-state index in [9.17, 15) is 9.59 Å². The van der Waals surface area contributed by atoms with E-state index in [1.807, 2.05) is 0 Å². The third kappa shape index (κ3) is 5.76. The van der Waals surface area contributed by atoms with Gasteiger partial charge in [0.15, 0.2) is 5.96 Å². The maximum absolute atomic E-state index is 13.3. The van der Waals surface area contributed by atoms with Gasteiger partial charge in [-0.2, -0.15) is 0 Å². The lowest BCUT2D eigenvalue weighted by atomic mass is 10.1. The number of esters is 1. The fourth-order valence-electron chi connectivity index (χ4n) is 3.74. The minimum Gasteiger partial charge on any atom is -0.496 e. The van der Waals surface area contributed by atoms with Crippen molar-refractivity contribution in [3.8, 4) is 17.2 Å². The maximum Gasteiger partial charge on any atom is 0.343 e. The van der Waals surface area contributed by atoms with E-state index in [0.29, 0.717) is 35.9 Å². The Hall–Kier alpha value is -3.79. The maximum atomic E-state index is 13.3. The van der Waals surface area contributed by atoms with Crippen LogP contribution in [0.3, 0.4) is 0 Å². The van der Waals surface area contributed by atoms with Crippen molar-refractivity contribution in [2.45, 2.75) is 19.9 Å². The highest BCUT2D eigenvalue weighted by atomic mass is 16.5. The van der Waals surface area contributed by atoms with Crippen molar-refractivity contribution in [2.24, 2.45) is 16.5 Å². The first-order valence-corrected chi connectivity index (χ1v) is 10.9. The number of hydrogen-bond donors (Lipinski definition) is 2. The molecule has 1 aliphatic rings. The second-order valence-electron chi connectivity index (χ2n) is 8.10. The molecule has 0 atom stereocenters. The predicted octanol–water partition coefficient (Wildman–Crippen LogP) is 1.99. The Morgan fingerprint density at radius 3 is 1.97 bits per heavy atom. The van der Waals surface area contributed by atoms with Gasteiger partial charge in [-0.3, -0.25) is 9.69 Å². The summed E-state index contributed by atoms with van der Waals surface area (Å²) in [4.78, 5) is 34.0. The van der Waals surface area contributed by atoms with Gasteiger partial charge in [-0.15, -0.1) is 0 Å². The van der Waals surface area contributed by atoms with Gasteiger partial charge in [-0.05, 0) is 38.1 Å². The molecule has 0 spiro atoms. The van der Waals surface area contributed by atoms with E-state index in [1.54, 1.807) is 29.2 Å². The molecule has 0 radical (unpaired) electrons. The smallest absolute Gasteiger partial charge is 0.343 e. The molecule has 182 valence electrons. The third-order valence-electron chi connectivity index (χ3n) is 5.60. The number of ether oxygens (including phenoxy) is 3. The summed E-state index contributed by atoms with van der Waals surface area (Å²) in [6.45, 7) is 7.09. The van der Waals surface area contributed by atoms with Gasteiger partial charge in [0.25, 0.3) is 5.91 Å². The molecule has 1 aliphatic heterocycles. The summed E-state index contributed by atoms with van der Waals surface area (Å²) in [5.41, 5.74) is 11.8. The van der Waals surface area contributed by atoms with Crippen LogP contribution in [-0.4, -0.2) is 74.1 Å². The zero-order valence-corrected chi connectivity index (χ0v) is 19.9. The van der Waals surface area contributed by atoms with Crippen LogP contribution in [0.5, 0.6) is 17.2 Å². The molecule has 4 N–H and O–H groups in total. The van der Waals surface area contributed by atoms with Crippen LogP contribution in [0.15, 0.2) is 41.4 Å². The zero-order chi connectivity index (χ0) is 24.8. The molecular formula is C24H31N5O5. The van der Waals surface area contributed by atoms with Gasteiger partial charge in [-0.25, -0.2) is 9.79 Å². The molecule has 0 aliphatic carbocycles. The van der Waals surface area contributed by atoms with Gasteiger partial charge >= 0.3 is 5.97 Å². The number of carbonyl (C=O) groups excluding carboxylic acids is 2. The first-order valence-electron chi connectivity index (χ1n) is 10.9. The van der Waals surface area contributed by atoms with Crippen LogP contribution in [-0.2, 0) is 0 Å². The second-order valence-corrected chi connectivity index (χ2v) is 8.10. The van der Waals surface area contributed by atoms with Crippen molar-refractivity contribution >= 4 is 23.5 Å². The molecule has 1 amide bonds. The number of amides is 1. The van der Waals surface area contributed by atoms with E-state index in [4.69, 9.17) is 25.7 Å². The van der Waals surface area contributed by atoms with Crippen molar-refractivity contribution in [1.29, 1.82) is 0 Å². The standard InChI is InChI=1S/C24H31N5O5/c1-15(2)28-9-11-29(12-10-28)22(30)21-19(32-3)13-18(14-20(21)33-4)34-23(31)16-5-7-17(8-6-16)27-24(25)26/h5-8,13-15H,9-12H2,1-4H3,(H4,25,26,27). The van der Waals surface area contributed by atoms with Crippen LogP contribution >= 0.6 is 0 Å². The van der Waals surface area contributed by atoms with E-state index in [2.05, 4.69) is 23.7 Å². The number of hydrogen-bond acceptors (Lipinski definition) is 7. The zero-order valence-electron chi connectivity index (χ0n) is 19.9. The molecule has 3 rings (SSSR count). The lowest BCUT2D eigenvalue weighted by molar-refractivity contribution is 0.0589. The van der Waals surface area contributed by atoms with E-state index >= 15 is 0 Å². The Kier molecular flexibility index (Phi) is 7.95. The van der Waals surface area contributed by atoms with Crippen molar-refractivity contribution in [3.05, 3.63) is 47.5 Å². The van der Waals surface area contributed by atoms with E-state index in [0.717, 1.165) is 13.1 Å². The number of aliphatic imine (C=N–C) groups is 1. The van der Waals surface area contributed by atoms with Crippen LogP contribution in [0.25, 0.3) is 0 Å². The van der Waals surface area contributed by atoms with Crippen LogP contribution < -0.4 is 25.7 Å². The highest BCUT2D eigenvalue weighted by Gasteiger charge is 2.29. The Labute approximate surface area is 199 Å². The van der Waals surface area contributed by atoms with Crippen molar-refractivity contribution in [1.82, 2.24) is 9.80 Å². The number of guanidine groups is 1. The van der Waals surface area contributed by atoms with Crippen molar-refractivity contribution in [3.63, 3.8) is 0 Å². The highest BCUT2D eigenvalue weighted by Crippen LogP contribution is 2.35. The first kappa shape index (κ1) is 24.8. The summed E-state index contributed by atoms with van der Waals surface area (Å²) in [6.07, 6.45) is 0. The number of methoxy groups -OCH3 is 2. The molecular weight excluding hydrogens is 438 g/mol. The summed E-state index contributed by atoms with van der Waals surface area (Å²) >= 11 is 0. The number of benzene rings is 2. The quantitative estimate of drug-likeness (QED) is 0.272. The molecule has 1 saturated heterocycles.